The van der Waals surface area contributed by atoms with Crippen LogP contribution in [-0.2, 0) is 11.3 Å². The zero-order valence-electron chi connectivity index (χ0n) is 18.1. The summed E-state index contributed by atoms with van der Waals surface area (Å²) < 4.78 is 1.93. The predicted molar refractivity (Wildman–Crippen MR) is 136 cm³/mol. The lowest BCUT2D eigenvalue weighted by atomic mass is 10.2. The number of aliphatic imine (C=N–C) groups is 1. The minimum Gasteiger partial charge on any atom is -0.368 e. The summed E-state index contributed by atoms with van der Waals surface area (Å²) in [4.78, 5) is 21.1. The standard InChI is InChI=1S/C22H28N8O.HI/c1-23-22(25-17-20-27-26-19-9-5-6-12-30(19)20)24-11-10-21(31)29-15-13-28(14-16-29)18-7-3-2-4-8-18;/h2-9,12H,10-11,13-17H2,1H3,(H2,23,24,25);1H. The Bertz CT molecular complexity index is 1030. The second-order valence-electron chi connectivity index (χ2n) is 7.35. The third-order valence-corrected chi connectivity index (χ3v) is 5.41. The molecule has 1 fully saturated rings. The molecule has 10 heteroatoms. The highest BCUT2D eigenvalue weighted by molar-refractivity contribution is 14.0. The van der Waals surface area contributed by atoms with E-state index >= 15 is 0 Å². The van der Waals surface area contributed by atoms with Crippen LogP contribution in [0.3, 0.4) is 0 Å². The molecule has 32 heavy (non-hydrogen) atoms. The van der Waals surface area contributed by atoms with Gasteiger partial charge >= 0.3 is 0 Å². The summed E-state index contributed by atoms with van der Waals surface area (Å²) >= 11 is 0. The van der Waals surface area contributed by atoms with Crippen LogP contribution in [0, 0.1) is 0 Å². The fourth-order valence-corrected chi connectivity index (χ4v) is 3.69. The maximum absolute atomic E-state index is 12.6. The van der Waals surface area contributed by atoms with Crippen molar-refractivity contribution >= 4 is 47.2 Å². The number of carbonyl (C=O) groups is 1. The van der Waals surface area contributed by atoms with E-state index in [0.717, 1.165) is 37.7 Å². The van der Waals surface area contributed by atoms with Gasteiger partial charge in [0.2, 0.25) is 5.91 Å². The molecule has 0 saturated carbocycles. The molecule has 1 aliphatic rings. The van der Waals surface area contributed by atoms with Crippen molar-refractivity contribution in [3.63, 3.8) is 0 Å². The number of nitrogens with one attached hydrogen (secondary N) is 2. The molecular formula is C22H29IN8O. The summed E-state index contributed by atoms with van der Waals surface area (Å²) in [6, 6.07) is 16.1. The normalized spacial score (nSPS) is 14.2. The van der Waals surface area contributed by atoms with Crippen LogP contribution >= 0.6 is 24.0 Å². The summed E-state index contributed by atoms with van der Waals surface area (Å²) in [6.45, 7) is 4.23. The number of hydrogen-bond donors (Lipinski definition) is 2. The molecule has 1 amide bonds. The first-order valence-corrected chi connectivity index (χ1v) is 10.6. The van der Waals surface area contributed by atoms with Crippen LogP contribution in [0.2, 0.25) is 0 Å². The zero-order chi connectivity index (χ0) is 21.5. The van der Waals surface area contributed by atoms with Crippen LogP contribution < -0.4 is 15.5 Å². The number of amides is 1. The molecule has 170 valence electrons. The van der Waals surface area contributed by atoms with Gasteiger partial charge in [-0.25, -0.2) is 0 Å². The Kier molecular flexibility index (Phi) is 8.65. The van der Waals surface area contributed by atoms with Crippen molar-refractivity contribution in [3.8, 4) is 0 Å². The van der Waals surface area contributed by atoms with E-state index in [2.05, 4.69) is 42.9 Å². The molecule has 4 rings (SSSR count). The summed E-state index contributed by atoms with van der Waals surface area (Å²) in [7, 11) is 1.71. The van der Waals surface area contributed by atoms with Crippen LogP contribution in [0.1, 0.15) is 12.2 Å². The molecule has 0 atom stereocenters. The number of nitrogens with zero attached hydrogens (tertiary/aromatic N) is 6. The van der Waals surface area contributed by atoms with Crippen molar-refractivity contribution in [2.24, 2.45) is 4.99 Å². The number of anilines is 1. The van der Waals surface area contributed by atoms with E-state index in [0.29, 0.717) is 25.5 Å². The van der Waals surface area contributed by atoms with Crippen molar-refractivity contribution in [1.82, 2.24) is 30.1 Å². The molecule has 2 N–H and O–H groups in total. The third-order valence-electron chi connectivity index (χ3n) is 5.41. The number of pyridine rings is 1. The number of rotatable bonds is 6. The Morgan fingerprint density at radius 2 is 1.75 bits per heavy atom. The van der Waals surface area contributed by atoms with E-state index in [9.17, 15) is 4.79 Å². The Hall–Kier alpha value is -2.89. The van der Waals surface area contributed by atoms with Crippen molar-refractivity contribution in [3.05, 3.63) is 60.6 Å². The number of hydrogen-bond acceptors (Lipinski definition) is 5. The summed E-state index contributed by atoms with van der Waals surface area (Å²) in [5.74, 6) is 1.60. The van der Waals surface area contributed by atoms with Crippen molar-refractivity contribution < 1.29 is 4.79 Å². The molecule has 1 aliphatic heterocycles. The third kappa shape index (κ3) is 5.87. The summed E-state index contributed by atoms with van der Waals surface area (Å²) in [5, 5.41) is 14.8. The smallest absolute Gasteiger partial charge is 0.224 e. The van der Waals surface area contributed by atoms with E-state index in [-0.39, 0.29) is 29.9 Å². The molecule has 0 radical (unpaired) electrons. The second-order valence-corrected chi connectivity index (χ2v) is 7.35. The molecule has 0 unspecified atom stereocenters. The number of piperazine rings is 1. The molecule has 9 nitrogen and oxygen atoms in total. The van der Waals surface area contributed by atoms with E-state index < -0.39 is 0 Å². The van der Waals surface area contributed by atoms with Crippen LogP contribution in [-0.4, -0.2) is 71.1 Å². The predicted octanol–water partition coefficient (Wildman–Crippen LogP) is 1.75. The Morgan fingerprint density at radius 1 is 1.00 bits per heavy atom. The first kappa shape index (κ1) is 23.8. The minimum atomic E-state index is 0. The monoisotopic (exact) mass is 548 g/mol. The number of fused-ring (bicyclic) bond motifs is 1. The van der Waals surface area contributed by atoms with E-state index in [1.807, 2.05) is 51.9 Å². The van der Waals surface area contributed by atoms with E-state index in [1.165, 1.54) is 5.69 Å². The summed E-state index contributed by atoms with van der Waals surface area (Å²) in [6.07, 6.45) is 2.36. The maximum atomic E-state index is 12.6. The van der Waals surface area contributed by atoms with Gasteiger partial charge in [-0.3, -0.25) is 14.2 Å². The fraction of sp³-hybridized carbons (Fsp3) is 0.364. The van der Waals surface area contributed by atoms with Crippen molar-refractivity contribution in [1.29, 1.82) is 0 Å². The molecule has 3 heterocycles. The molecule has 2 aromatic heterocycles. The second kappa shape index (κ2) is 11.7. The number of benzene rings is 1. The summed E-state index contributed by atoms with van der Waals surface area (Å²) in [5.41, 5.74) is 2.02. The van der Waals surface area contributed by atoms with Crippen LogP contribution in [0.4, 0.5) is 5.69 Å². The molecular weight excluding hydrogens is 519 g/mol. The lowest BCUT2D eigenvalue weighted by molar-refractivity contribution is -0.131. The Balaban J connectivity index is 0.00000289. The van der Waals surface area contributed by atoms with Crippen molar-refractivity contribution in [2.75, 3.05) is 44.7 Å². The number of aromatic nitrogens is 3. The number of halogens is 1. The van der Waals surface area contributed by atoms with Gasteiger partial charge in [-0.2, -0.15) is 0 Å². The fourth-order valence-electron chi connectivity index (χ4n) is 3.69. The Labute approximate surface area is 204 Å². The zero-order valence-corrected chi connectivity index (χ0v) is 20.5. The van der Waals surface area contributed by atoms with Gasteiger partial charge in [0.05, 0.1) is 6.54 Å². The number of para-hydroxylation sites is 1. The van der Waals surface area contributed by atoms with Gasteiger partial charge in [0.15, 0.2) is 17.4 Å². The highest BCUT2D eigenvalue weighted by Gasteiger charge is 2.20. The molecule has 0 aliphatic carbocycles. The van der Waals surface area contributed by atoms with Gasteiger partial charge in [-0.05, 0) is 24.3 Å². The molecule has 1 aromatic carbocycles. The average molecular weight is 548 g/mol. The first-order valence-electron chi connectivity index (χ1n) is 10.6. The van der Waals surface area contributed by atoms with Gasteiger partial charge in [-0.15, -0.1) is 34.2 Å². The van der Waals surface area contributed by atoms with Crippen molar-refractivity contribution in [2.45, 2.75) is 13.0 Å². The minimum absolute atomic E-state index is 0. The lowest BCUT2D eigenvalue weighted by Gasteiger charge is -2.36. The van der Waals surface area contributed by atoms with Crippen LogP contribution in [0.25, 0.3) is 5.65 Å². The van der Waals surface area contributed by atoms with Gasteiger partial charge in [0, 0.05) is 58.1 Å². The van der Waals surface area contributed by atoms with Crippen LogP contribution in [0.15, 0.2) is 59.7 Å². The van der Waals surface area contributed by atoms with E-state index in [4.69, 9.17) is 0 Å². The van der Waals surface area contributed by atoms with Crippen LogP contribution in [0.5, 0.6) is 0 Å². The SMILES string of the molecule is CN=C(NCCC(=O)N1CCN(c2ccccc2)CC1)NCc1nnc2ccccn12.I. The topological polar surface area (TPSA) is 90.2 Å². The maximum Gasteiger partial charge on any atom is 0.224 e. The van der Waals surface area contributed by atoms with Gasteiger partial charge in [0.1, 0.15) is 0 Å². The van der Waals surface area contributed by atoms with Gasteiger partial charge in [-0.1, -0.05) is 24.3 Å². The number of guanidine groups is 1. The first-order chi connectivity index (χ1) is 15.2. The highest BCUT2D eigenvalue weighted by atomic mass is 127. The molecule has 1 saturated heterocycles. The molecule has 3 aromatic rings. The Morgan fingerprint density at radius 3 is 2.50 bits per heavy atom. The number of carbonyl (C=O) groups excluding carboxylic acids is 1. The quantitative estimate of drug-likeness (QED) is 0.277. The average Bonchev–Trinajstić information content (AvgIpc) is 3.25. The largest absolute Gasteiger partial charge is 0.368 e. The molecule has 0 spiro atoms. The molecule has 0 bridgehead atoms. The van der Waals surface area contributed by atoms with Gasteiger partial charge in [0.25, 0.3) is 0 Å². The van der Waals surface area contributed by atoms with E-state index in [1.54, 1.807) is 7.05 Å². The lowest BCUT2D eigenvalue weighted by Crippen LogP contribution is -2.49. The van der Waals surface area contributed by atoms with Gasteiger partial charge < -0.3 is 20.4 Å². The highest BCUT2D eigenvalue weighted by Crippen LogP contribution is 2.15.